The number of ether oxygens (including phenoxy) is 3. The van der Waals surface area contributed by atoms with Crippen LogP contribution in [-0.4, -0.2) is 63.5 Å². The molecule has 1 aliphatic rings. The minimum absolute atomic E-state index is 0.695. The molecular formula is C10H15NO7. The highest BCUT2D eigenvalue weighted by Crippen LogP contribution is 2.29. The fourth-order valence-electron chi connectivity index (χ4n) is 1.81. The number of hydroxylamine groups is 2. The molecule has 0 saturated carbocycles. The van der Waals surface area contributed by atoms with Crippen LogP contribution in [0.25, 0.3) is 0 Å². The summed E-state index contributed by atoms with van der Waals surface area (Å²) < 4.78 is 13.7. The molecule has 0 aliphatic carbocycles. The molecule has 0 amide bonds. The third kappa shape index (κ3) is 2.44. The van der Waals surface area contributed by atoms with Gasteiger partial charge in [0.1, 0.15) is 12.0 Å². The number of carbonyl (C=O) groups excluding carboxylic acids is 3. The molecule has 1 heterocycles. The maximum absolute atomic E-state index is 11.7. The van der Waals surface area contributed by atoms with E-state index in [1.54, 1.807) is 0 Å². The molecule has 0 unspecified atom stereocenters. The summed E-state index contributed by atoms with van der Waals surface area (Å²) in [6.45, 7) is 0. The third-order valence-electron chi connectivity index (χ3n) is 2.69. The van der Waals surface area contributed by atoms with E-state index in [9.17, 15) is 14.4 Å². The van der Waals surface area contributed by atoms with Gasteiger partial charge in [0.05, 0.1) is 21.3 Å². The van der Waals surface area contributed by atoms with Crippen LogP contribution in [0.1, 0.15) is 0 Å². The zero-order chi connectivity index (χ0) is 13.9. The van der Waals surface area contributed by atoms with Crippen LogP contribution >= 0.6 is 0 Å². The summed E-state index contributed by atoms with van der Waals surface area (Å²) in [7, 11) is 4.91. The number of nitrogens with zero attached hydrogens (tertiary/aromatic N) is 1. The second-order valence-electron chi connectivity index (χ2n) is 3.61. The minimum atomic E-state index is -1.23. The highest BCUT2D eigenvalue weighted by Gasteiger charge is 2.54. The van der Waals surface area contributed by atoms with Gasteiger partial charge in [-0.1, -0.05) is 0 Å². The van der Waals surface area contributed by atoms with Crippen LogP contribution in [0.3, 0.4) is 0 Å². The van der Waals surface area contributed by atoms with E-state index in [2.05, 4.69) is 14.2 Å². The van der Waals surface area contributed by atoms with E-state index < -0.39 is 36.0 Å². The van der Waals surface area contributed by atoms with E-state index >= 15 is 0 Å². The molecule has 0 aromatic rings. The first-order chi connectivity index (χ1) is 8.47. The van der Waals surface area contributed by atoms with Crippen molar-refractivity contribution in [2.45, 2.75) is 12.1 Å². The second-order valence-corrected chi connectivity index (χ2v) is 3.61. The molecule has 0 spiro atoms. The fraction of sp³-hybridized carbons (Fsp3) is 0.700. The number of esters is 3. The lowest BCUT2D eigenvalue weighted by Gasteiger charge is -2.18. The van der Waals surface area contributed by atoms with Gasteiger partial charge >= 0.3 is 17.9 Å². The lowest BCUT2D eigenvalue weighted by molar-refractivity contribution is -0.186. The van der Waals surface area contributed by atoms with Crippen LogP contribution in [-0.2, 0) is 33.4 Å². The summed E-state index contributed by atoms with van der Waals surface area (Å²) in [6.07, 6.45) is -1.23. The lowest BCUT2D eigenvalue weighted by Crippen LogP contribution is -2.44. The van der Waals surface area contributed by atoms with E-state index in [1.165, 1.54) is 14.2 Å². The number of hydrogen-bond donors (Lipinski definition) is 0. The van der Waals surface area contributed by atoms with Gasteiger partial charge in [-0.3, -0.25) is 14.4 Å². The summed E-state index contributed by atoms with van der Waals surface area (Å²) in [5.41, 5.74) is 0. The Bertz CT molecular complexity index is 356. The van der Waals surface area contributed by atoms with Crippen molar-refractivity contribution >= 4 is 17.9 Å². The summed E-state index contributed by atoms with van der Waals surface area (Å²) in [5.74, 6) is -3.33. The first-order valence-corrected chi connectivity index (χ1v) is 5.11. The van der Waals surface area contributed by atoms with Gasteiger partial charge in [-0.2, -0.15) is 5.06 Å². The SMILES string of the molecule is COC(=O)[C@H]1[C@@H](C(=O)OC)ON(C)[C@H]1C(=O)OC. The largest absolute Gasteiger partial charge is 0.469 e. The van der Waals surface area contributed by atoms with E-state index in [0.29, 0.717) is 0 Å². The van der Waals surface area contributed by atoms with Crippen LogP contribution in [0.15, 0.2) is 0 Å². The summed E-state index contributed by atoms with van der Waals surface area (Å²) in [5, 5.41) is 1.09. The molecule has 8 nitrogen and oxygen atoms in total. The van der Waals surface area contributed by atoms with Crippen molar-refractivity contribution < 1.29 is 33.4 Å². The molecule has 3 atom stereocenters. The highest BCUT2D eigenvalue weighted by atomic mass is 16.7. The molecule has 1 fully saturated rings. The van der Waals surface area contributed by atoms with E-state index in [0.717, 1.165) is 19.3 Å². The normalized spacial score (nSPS) is 27.7. The van der Waals surface area contributed by atoms with Gasteiger partial charge in [0.2, 0.25) is 0 Å². The van der Waals surface area contributed by atoms with Crippen molar-refractivity contribution in [1.29, 1.82) is 0 Å². The maximum Gasteiger partial charge on any atom is 0.338 e. The molecule has 0 N–H and O–H groups in total. The van der Waals surface area contributed by atoms with Gasteiger partial charge in [-0.05, 0) is 0 Å². The van der Waals surface area contributed by atoms with Crippen LogP contribution in [0.2, 0.25) is 0 Å². The van der Waals surface area contributed by atoms with Gasteiger partial charge in [0.15, 0.2) is 6.10 Å². The summed E-state index contributed by atoms with van der Waals surface area (Å²) >= 11 is 0. The second kappa shape index (κ2) is 5.78. The van der Waals surface area contributed by atoms with E-state index in [-0.39, 0.29) is 0 Å². The summed E-state index contributed by atoms with van der Waals surface area (Å²) in [4.78, 5) is 39.9. The Kier molecular flexibility index (Phi) is 4.62. The predicted molar refractivity (Wildman–Crippen MR) is 56.0 cm³/mol. The number of rotatable bonds is 3. The number of carbonyl (C=O) groups is 3. The molecule has 0 aromatic carbocycles. The zero-order valence-corrected chi connectivity index (χ0v) is 10.5. The minimum Gasteiger partial charge on any atom is -0.469 e. The fourth-order valence-corrected chi connectivity index (χ4v) is 1.81. The molecule has 1 rings (SSSR count). The number of methoxy groups -OCH3 is 3. The van der Waals surface area contributed by atoms with Gasteiger partial charge in [-0.25, -0.2) is 4.79 Å². The maximum atomic E-state index is 11.7. The number of hydrogen-bond acceptors (Lipinski definition) is 8. The van der Waals surface area contributed by atoms with Crippen LogP contribution in [0.4, 0.5) is 0 Å². The van der Waals surface area contributed by atoms with Crippen molar-refractivity contribution in [3.63, 3.8) is 0 Å². The van der Waals surface area contributed by atoms with Crippen LogP contribution in [0, 0.1) is 5.92 Å². The average Bonchev–Trinajstić information content (AvgIpc) is 2.73. The van der Waals surface area contributed by atoms with E-state index in [1.807, 2.05) is 0 Å². The Morgan fingerprint density at radius 3 is 1.89 bits per heavy atom. The van der Waals surface area contributed by atoms with Gasteiger partial charge in [0, 0.05) is 7.05 Å². The monoisotopic (exact) mass is 261 g/mol. The summed E-state index contributed by atoms with van der Waals surface area (Å²) in [6, 6.07) is -1.05. The molecule has 0 radical (unpaired) electrons. The van der Waals surface area contributed by atoms with Crippen molar-refractivity contribution in [2.75, 3.05) is 28.4 Å². The van der Waals surface area contributed by atoms with Crippen LogP contribution in [0.5, 0.6) is 0 Å². The van der Waals surface area contributed by atoms with Crippen LogP contribution < -0.4 is 0 Å². The molecule has 18 heavy (non-hydrogen) atoms. The van der Waals surface area contributed by atoms with Crippen molar-refractivity contribution in [2.24, 2.45) is 5.92 Å². The molecule has 0 bridgehead atoms. The Labute approximate surface area is 104 Å². The third-order valence-corrected chi connectivity index (χ3v) is 2.69. The molecule has 0 aromatic heterocycles. The molecular weight excluding hydrogens is 246 g/mol. The van der Waals surface area contributed by atoms with E-state index in [4.69, 9.17) is 4.84 Å². The average molecular weight is 261 g/mol. The molecule has 1 saturated heterocycles. The quantitative estimate of drug-likeness (QED) is 0.459. The molecule has 8 heteroatoms. The smallest absolute Gasteiger partial charge is 0.338 e. The van der Waals surface area contributed by atoms with Crippen molar-refractivity contribution in [3.05, 3.63) is 0 Å². The molecule has 1 aliphatic heterocycles. The highest BCUT2D eigenvalue weighted by molar-refractivity contribution is 5.90. The molecule has 102 valence electrons. The Morgan fingerprint density at radius 1 is 0.944 bits per heavy atom. The van der Waals surface area contributed by atoms with Crippen molar-refractivity contribution in [1.82, 2.24) is 5.06 Å². The Morgan fingerprint density at radius 2 is 1.44 bits per heavy atom. The number of likely N-dealkylation sites (N-methyl/N-ethyl adjacent to an activating group) is 1. The first kappa shape index (κ1) is 14.4. The first-order valence-electron chi connectivity index (χ1n) is 5.11. The topological polar surface area (TPSA) is 91.4 Å². The standard InChI is InChI=1S/C10H15NO7/c1-11-6(9(13)16-3)5(8(12)15-2)7(18-11)10(14)17-4/h5-7H,1-4H3/t5-,6-,7+/m1/s1. The lowest BCUT2D eigenvalue weighted by atomic mass is 9.95. The Balaban J connectivity index is 3.06. The van der Waals surface area contributed by atoms with Gasteiger partial charge in [0.25, 0.3) is 0 Å². The van der Waals surface area contributed by atoms with Crippen molar-refractivity contribution in [3.8, 4) is 0 Å². The van der Waals surface area contributed by atoms with Gasteiger partial charge in [-0.15, -0.1) is 0 Å². The van der Waals surface area contributed by atoms with Gasteiger partial charge < -0.3 is 14.2 Å². The Hall–Kier alpha value is -1.67. The zero-order valence-electron chi connectivity index (χ0n) is 10.5. The predicted octanol–water partition coefficient (Wildman–Crippen LogP) is -1.26.